The summed E-state index contributed by atoms with van der Waals surface area (Å²) in [5, 5.41) is 11.6. The molecule has 0 N–H and O–H groups in total. The van der Waals surface area contributed by atoms with E-state index in [0.29, 0.717) is 17.1 Å². The minimum atomic E-state index is -0.281. The van der Waals surface area contributed by atoms with E-state index in [2.05, 4.69) is 20.1 Å². The number of aryl methyl sites for hydroxylation is 1. The van der Waals surface area contributed by atoms with Crippen LogP contribution in [0.4, 0.5) is 0 Å². The second-order valence-corrected chi connectivity index (χ2v) is 6.87. The molecule has 1 aliphatic rings. The fourth-order valence-electron chi connectivity index (χ4n) is 3.03. The van der Waals surface area contributed by atoms with E-state index in [-0.39, 0.29) is 30.9 Å². The number of hydrogen-bond donors (Lipinski definition) is 0. The van der Waals surface area contributed by atoms with Crippen molar-refractivity contribution in [2.24, 2.45) is 0 Å². The van der Waals surface area contributed by atoms with E-state index < -0.39 is 0 Å². The van der Waals surface area contributed by atoms with Gasteiger partial charge in [-0.2, -0.15) is 0 Å². The molecule has 0 unspecified atom stereocenters. The molecule has 146 valence electrons. The van der Waals surface area contributed by atoms with Gasteiger partial charge in [0.2, 0.25) is 12.6 Å². The lowest BCUT2D eigenvalue weighted by atomic mass is 9.97. The molecular formula is C19H20N4O5. The zero-order chi connectivity index (χ0) is 19.7. The van der Waals surface area contributed by atoms with Crippen LogP contribution < -0.4 is 9.47 Å². The van der Waals surface area contributed by atoms with Crippen molar-refractivity contribution in [2.45, 2.75) is 32.7 Å². The molecular weight excluding hydrogens is 364 g/mol. The molecule has 0 aliphatic carbocycles. The van der Waals surface area contributed by atoms with Gasteiger partial charge in [0, 0.05) is 19.0 Å². The van der Waals surface area contributed by atoms with Crippen molar-refractivity contribution in [1.29, 1.82) is 0 Å². The van der Waals surface area contributed by atoms with Gasteiger partial charge in [-0.3, -0.25) is 4.79 Å². The summed E-state index contributed by atoms with van der Waals surface area (Å²) in [5.74, 6) is 1.48. The van der Waals surface area contributed by atoms with Crippen LogP contribution in [0, 0.1) is 6.92 Å². The highest BCUT2D eigenvalue weighted by Gasteiger charge is 2.22. The summed E-state index contributed by atoms with van der Waals surface area (Å²) in [6.07, 6.45) is 0.733. The van der Waals surface area contributed by atoms with Gasteiger partial charge in [-0.25, -0.2) is 4.63 Å². The minimum absolute atomic E-state index is 0.0676. The van der Waals surface area contributed by atoms with Crippen LogP contribution in [0.15, 0.2) is 33.4 Å². The standard InChI is InChI=1S/C19H20N4O5/c1-11(6-13-4-5-16-17(7-13)26-10-25-16)14-8-18(27-21-14)19(24)23(3)9-15-12(2)20-28-22-15/h4-5,7-8,11H,6,9-10H2,1-3H3/t11-/m0/s1. The molecule has 0 fully saturated rings. The van der Waals surface area contributed by atoms with E-state index in [1.807, 2.05) is 25.1 Å². The van der Waals surface area contributed by atoms with Crippen molar-refractivity contribution in [2.75, 3.05) is 13.8 Å². The highest BCUT2D eigenvalue weighted by Crippen LogP contribution is 2.34. The number of aromatic nitrogens is 3. The smallest absolute Gasteiger partial charge is 0.292 e. The Bertz CT molecular complexity index is 996. The quantitative estimate of drug-likeness (QED) is 0.639. The number of carbonyl (C=O) groups excluding carboxylic acids is 1. The van der Waals surface area contributed by atoms with Crippen LogP contribution in [0.2, 0.25) is 0 Å². The molecule has 0 saturated heterocycles. The third kappa shape index (κ3) is 3.55. The lowest BCUT2D eigenvalue weighted by Crippen LogP contribution is -2.26. The molecule has 1 aromatic carbocycles. The highest BCUT2D eigenvalue weighted by molar-refractivity contribution is 5.91. The molecule has 1 atom stereocenters. The van der Waals surface area contributed by atoms with Crippen LogP contribution in [0.25, 0.3) is 0 Å². The zero-order valence-electron chi connectivity index (χ0n) is 15.8. The van der Waals surface area contributed by atoms with Crippen LogP contribution in [0.5, 0.6) is 11.5 Å². The average Bonchev–Trinajstić information content (AvgIpc) is 3.42. The number of carbonyl (C=O) groups is 1. The number of benzene rings is 1. The molecule has 1 amide bonds. The number of ether oxygens (including phenoxy) is 2. The summed E-state index contributed by atoms with van der Waals surface area (Å²) in [5.41, 5.74) is 3.06. The Morgan fingerprint density at radius 2 is 2.00 bits per heavy atom. The summed E-state index contributed by atoms with van der Waals surface area (Å²) < 4.78 is 20.7. The van der Waals surface area contributed by atoms with E-state index >= 15 is 0 Å². The third-order valence-electron chi connectivity index (χ3n) is 4.70. The number of rotatable bonds is 6. The van der Waals surface area contributed by atoms with Gasteiger partial charge in [0.1, 0.15) is 11.4 Å². The predicted molar refractivity (Wildman–Crippen MR) is 96.0 cm³/mol. The molecule has 0 spiro atoms. The summed E-state index contributed by atoms with van der Waals surface area (Å²) in [6.45, 7) is 4.33. The van der Waals surface area contributed by atoms with Gasteiger partial charge in [0.15, 0.2) is 11.5 Å². The maximum atomic E-state index is 12.6. The fraction of sp³-hybridized carbons (Fsp3) is 0.368. The van der Waals surface area contributed by atoms with Crippen LogP contribution in [-0.2, 0) is 13.0 Å². The predicted octanol–water partition coefficient (Wildman–Crippen LogP) is 2.71. The fourth-order valence-corrected chi connectivity index (χ4v) is 3.03. The van der Waals surface area contributed by atoms with Crippen molar-refractivity contribution in [3.8, 4) is 11.5 Å². The molecule has 4 rings (SSSR count). The van der Waals surface area contributed by atoms with Crippen molar-refractivity contribution in [1.82, 2.24) is 20.4 Å². The van der Waals surface area contributed by atoms with Crippen molar-refractivity contribution >= 4 is 5.91 Å². The lowest BCUT2D eigenvalue weighted by Gasteiger charge is -2.13. The van der Waals surface area contributed by atoms with Crippen LogP contribution >= 0.6 is 0 Å². The van der Waals surface area contributed by atoms with Crippen molar-refractivity contribution in [3.05, 3.63) is 52.7 Å². The van der Waals surface area contributed by atoms with Gasteiger partial charge >= 0.3 is 0 Å². The number of fused-ring (bicyclic) bond motifs is 1. The molecule has 0 bridgehead atoms. The van der Waals surface area contributed by atoms with Gasteiger partial charge < -0.3 is 18.9 Å². The Morgan fingerprint density at radius 1 is 1.18 bits per heavy atom. The number of amides is 1. The van der Waals surface area contributed by atoms with E-state index in [4.69, 9.17) is 14.0 Å². The maximum Gasteiger partial charge on any atom is 0.292 e. The molecule has 2 aromatic heterocycles. The Kier molecular flexibility index (Phi) is 4.72. The van der Waals surface area contributed by atoms with Crippen molar-refractivity contribution in [3.63, 3.8) is 0 Å². The molecule has 0 saturated carbocycles. The second kappa shape index (κ2) is 7.34. The molecule has 9 heteroatoms. The lowest BCUT2D eigenvalue weighted by molar-refractivity contribution is 0.0740. The first kappa shape index (κ1) is 18.0. The van der Waals surface area contributed by atoms with Gasteiger partial charge in [0.25, 0.3) is 5.91 Å². The zero-order valence-corrected chi connectivity index (χ0v) is 15.8. The highest BCUT2D eigenvalue weighted by atomic mass is 16.7. The Hall–Kier alpha value is -3.36. The molecule has 28 heavy (non-hydrogen) atoms. The van der Waals surface area contributed by atoms with E-state index in [1.54, 1.807) is 20.0 Å². The van der Waals surface area contributed by atoms with E-state index in [0.717, 1.165) is 23.5 Å². The molecule has 0 radical (unpaired) electrons. The number of nitrogens with zero attached hydrogens (tertiary/aromatic N) is 4. The second-order valence-electron chi connectivity index (χ2n) is 6.87. The summed E-state index contributed by atoms with van der Waals surface area (Å²) in [6, 6.07) is 7.55. The van der Waals surface area contributed by atoms with Crippen LogP contribution in [0.1, 0.15) is 46.0 Å². The first-order valence-electron chi connectivity index (χ1n) is 8.90. The van der Waals surface area contributed by atoms with Gasteiger partial charge in [0.05, 0.1) is 12.2 Å². The first-order chi connectivity index (χ1) is 13.5. The Morgan fingerprint density at radius 3 is 2.79 bits per heavy atom. The summed E-state index contributed by atoms with van der Waals surface area (Å²) in [7, 11) is 1.66. The summed E-state index contributed by atoms with van der Waals surface area (Å²) in [4.78, 5) is 14.1. The van der Waals surface area contributed by atoms with E-state index in [9.17, 15) is 4.79 Å². The Balaban J connectivity index is 1.41. The minimum Gasteiger partial charge on any atom is -0.454 e. The summed E-state index contributed by atoms with van der Waals surface area (Å²) >= 11 is 0. The van der Waals surface area contributed by atoms with Crippen molar-refractivity contribution < 1.29 is 23.4 Å². The van der Waals surface area contributed by atoms with Gasteiger partial charge in [-0.1, -0.05) is 28.5 Å². The molecule has 9 nitrogen and oxygen atoms in total. The topological polar surface area (TPSA) is 104 Å². The average molecular weight is 384 g/mol. The number of hydrogen-bond acceptors (Lipinski definition) is 8. The van der Waals surface area contributed by atoms with Gasteiger partial charge in [-0.15, -0.1) is 0 Å². The van der Waals surface area contributed by atoms with Crippen LogP contribution in [0.3, 0.4) is 0 Å². The molecule has 3 heterocycles. The monoisotopic (exact) mass is 384 g/mol. The SMILES string of the molecule is Cc1nonc1CN(C)C(=O)c1cc([C@@H](C)Cc2ccc3c(c2)OCO3)no1. The van der Waals surface area contributed by atoms with Gasteiger partial charge in [-0.05, 0) is 31.0 Å². The Labute approximate surface area is 161 Å². The molecule has 3 aromatic rings. The third-order valence-corrected chi connectivity index (χ3v) is 4.70. The largest absolute Gasteiger partial charge is 0.454 e. The first-order valence-corrected chi connectivity index (χ1v) is 8.90. The van der Waals surface area contributed by atoms with E-state index in [1.165, 1.54) is 4.90 Å². The molecule has 1 aliphatic heterocycles. The maximum absolute atomic E-state index is 12.6. The van der Waals surface area contributed by atoms with Crippen LogP contribution in [-0.4, -0.2) is 40.1 Å². The normalized spacial score (nSPS) is 13.5.